The van der Waals surface area contributed by atoms with Gasteiger partial charge in [-0.2, -0.15) is 18.3 Å². The van der Waals surface area contributed by atoms with E-state index in [1.807, 2.05) is 0 Å². The number of halogens is 4. The molecule has 0 aliphatic heterocycles. The fraction of sp³-hybridized carbons (Fsp3) is 0.111. The van der Waals surface area contributed by atoms with E-state index in [1.54, 1.807) is 0 Å². The van der Waals surface area contributed by atoms with Crippen LogP contribution in [0.25, 0.3) is 11.4 Å². The molecule has 0 saturated heterocycles. The quantitative estimate of drug-likeness (QED) is 0.841. The molecule has 1 aromatic carbocycles. The molecule has 0 aliphatic carbocycles. The van der Waals surface area contributed by atoms with Crippen molar-refractivity contribution in [2.45, 2.75) is 6.18 Å². The molecule has 0 aliphatic rings. The zero-order valence-corrected chi connectivity index (χ0v) is 8.39. The van der Waals surface area contributed by atoms with Crippen molar-refractivity contribution in [1.29, 1.82) is 0 Å². The Labute approximate surface area is 93.3 Å². The lowest BCUT2D eigenvalue weighted by Gasteiger charge is -2.08. The highest BCUT2D eigenvalue weighted by molar-refractivity contribution is 6.33. The van der Waals surface area contributed by atoms with Crippen LogP contribution in [0.1, 0.15) is 5.56 Å². The number of nitrogens with zero attached hydrogens (tertiary/aromatic N) is 2. The fourth-order valence-electron chi connectivity index (χ4n) is 1.17. The van der Waals surface area contributed by atoms with E-state index in [0.717, 1.165) is 18.2 Å². The molecular formula is C9H4ClF3N3. The molecular weight excluding hydrogens is 243 g/mol. The summed E-state index contributed by atoms with van der Waals surface area (Å²) in [6.07, 6.45) is -2.13. The first-order valence-corrected chi connectivity index (χ1v) is 4.52. The van der Waals surface area contributed by atoms with Crippen LogP contribution in [0.15, 0.2) is 18.2 Å². The Bertz CT molecular complexity index is 493. The zero-order chi connectivity index (χ0) is 11.8. The Morgan fingerprint density at radius 3 is 2.62 bits per heavy atom. The molecule has 1 heterocycles. The Hall–Kier alpha value is -1.56. The average molecular weight is 247 g/mol. The molecule has 83 valence electrons. The summed E-state index contributed by atoms with van der Waals surface area (Å²) < 4.78 is 37.3. The van der Waals surface area contributed by atoms with E-state index in [4.69, 9.17) is 11.6 Å². The molecule has 2 aromatic rings. The fourth-order valence-corrected chi connectivity index (χ4v) is 1.38. The molecule has 7 heteroatoms. The Balaban J connectivity index is 2.54. The molecule has 0 saturated carbocycles. The monoisotopic (exact) mass is 246 g/mol. The lowest BCUT2D eigenvalue weighted by Crippen LogP contribution is -2.04. The van der Waals surface area contributed by atoms with Gasteiger partial charge in [0.1, 0.15) is 0 Å². The predicted molar refractivity (Wildman–Crippen MR) is 50.7 cm³/mol. The summed E-state index contributed by atoms with van der Waals surface area (Å²) in [5.74, 6) is 0.0797. The summed E-state index contributed by atoms with van der Waals surface area (Å²) in [5, 5.41) is 6.07. The number of nitrogens with one attached hydrogen (secondary N) is 1. The van der Waals surface area contributed by atoms with Crippen LogP contribution in [-0.2, 0) is 6.18 Å². The van der Waals surface area contributed by atoms with Gasteiger partial charge in [-0.3, -0.25) is 5.10 Å². The van der Waals surface area contributed by atoms with Gasteiger partial charge in [-0.15, -0.1) is 0 Å². The van der Waals surface area contributed by atoms with Gasteiger partial charge in [-0.1, -0.05) is 11.6 Å². The topological polar surface area (TPSA) is 41.6 Å². The number of aromatic nitrogens is 3. The molecule has 0 atom stereocenters. The van der Waals surface area contributed by atoms with Crippen LogP contribution in [0, 0.1) is 6.33 Å². The normalized spacial score (nSPS) is 11.8. The Morgan fingerprint density at radius 2 is 2.06 bits per heavy atom. The van der Waals surface area contributed by atoms with Gasteiger partial charge >= 0.3 is 6.18 Å². The van der Waals surface area contributed by atoms with E-state index in [2.05, 4.69) is 21.5 Å². The smallest absolute Gasteiger partial charge is 0.256 e. The van der Waals surface area contributed by atoms with Crippen molar-refractivity contribution < 1.29 is 13.2 Å². The van der Waals surface area contributed by atoms with Gasteiger partial charge < -0.3 is 0 Å². The summed E-state index contributed by atoms with van der Waals surface area (Å²) in [6, 6.07) is 2.97. The molecule has 0 spiro atoms. The zero-order valence-electron chi connectivity index (χ0n) is 7.64. The maximum Gasteiger partial charge on any atom is 0.416 e. The van der Waals surface area contributed by atoms with Gasteiger partial charge in [-0.05, 0) is 18.2 Å². The van der Waals surface area contributed by atoms with E-state index in [-0.39, 0.29) is 16.4 Å². The standard InChI is InChI=1S/C9H4ClF3N3/c10-7-2-1-5(9(11,12)13)3-6(7)8-14-4-15-16-8/h1-3H,(H,14,15,16). The molecule has 3 nitrogen and oxygen atoms in total. The molecule has 0 amide bonds. The highest BCUT2D eigenvalue weighted by atomic mass is 35.5. The maximum absolute atomic E-state index is 12.4. The molecule has 0 bridgehead atoms. The van der Waals surface area contributed by atoms with Crippen LogP contribution in [0.5, 0.6) is 0 Å². The van der Waals surface area contributed by atoms with Crippen LogP contribution < -0.4 is 0 Å². The first-order valence-electron chi connectivity index (χ1n) is 4.14. The summed E-state index contributed by atoms with van der Waals surface area (Å²) >= 11 is 5.76. The predicted octanol–water partition coefficient (Wildman–Crippen LogP) is 2.94. The van der Waals surface area contributed by atoms with Gasteiger partial charge in [0.05, 0.1) is 10.6 Å². The van der Waals surface area contributed by atoms with E-state index in [1.165, 1.54) is 0 Å². The highest BCUT2D eigenvalue weighted by Crippen LogP contribution is 2.34. The molecule has 0 fully saturated rings. The number of alkyl halides is 3. The van der Waals surface area contributed by atoms with Crippen molar-refractivity contribution in [2.24, 2.45) is 0 Å². The van der Waals surface area contributed by atoms with Crippen LogP contribution in [0.4, 0.5) is 13.2 Å². The second kappa shape index (κ2) is 3.79. The number of aromatic amines is 1. The molecule has 1 N–H and O–H groups in total. The van der Waals surface area contributed by atoms with Crippen LogP contribution in [-0.4, -0.2) is 15.2 Å². The highest BCUT2D eigenvalue weighted by Gasteiger charge is 2.31. The van der Waals surface area contributed by atoms with Gasteiger partial charge in [-0.25, -0.2) is 4.98 Å². The van der Waals surface area contributed by atoms with Crippen molar-refractivity contribution in [3.63, 3.8) is 0 Å². The second-order valence-corrected chi connectivity index (χ2v) is 3.37. The Kier molecular flexibility index (Phi) is 2.59. The third-order valence-corrected chi connectivity index (χ3v) is 2.24. The molecule has 0 unspecified atom stereocenters. The minimum atomic E-state index is -4.42. The van der Waals surface area contributed by atoms with Crippen molar-refractivity contribution in [3.8, 4) is 11.4 Å². The summed E-state index contributed by atoms with van der Waals surface area (Å²) in [4.78, 5) is 3.63. The van der Waals surface area contributed by atoms with Crippen LogP contribution in [0.2, 0.25) is 5.02 Å². The lowest BCUT2D eigenvalue weighted by molar-refractivity contribution is -0.137. The van der Waals surface area contributed by atoms with Gasteiger partial charge in [0.25, 0.3) is 0 Å². The van der Waals surface area contributed by atoms with E-state index in [9.17, 15) is 13.2 Å². The summed E-state index contributed by atoms with van der Waals surface area (Å²) in [7, 11) is 0. The molecule has 1 aromatic heterocycles. The van der Waals surface area contributed by atoms with Gasteiger partial charge in [0, 0.05) is 5.56 Å². The minimum absolute atomic E-state index is 0.0797. The lowest BCUT2D eigenvalue weighted by atomic mass is 10.1. The number of hydrogen-bond donors (Lipinski definition) is 1. The summed E-state index contributed by atoms with van der Waals surface area (Å²) in [6.45, 7) is 0. The van der Waals surface area contributed by atoms with Gasteiger partial charge in [0.15, 0.2) is 12.2 Å². The first kappa shape index (κ1) is 10.9. The SMILES string of the molecule is FC(F)(F)c1ccc(Cl)c(-c2n[c][nH]n2)c1. The largest absolute Gasteiger partial charge is 0.416 e. The first-order chi connectivity index (χ1) is 7.48. The number of H-pyrrole nitrogens is 1. The molecule has 1 radical (unpaired) electrons. The van der Waals surface area contributed by atoms with E-state index in [0.29, 0.717) is 0 Å². The third kappa shape index (κ3) is 2.01. The summed E-state index contributed by atoms with van der Waals surface area (Å²) in [5.41, 5.74) is -0.675. The van der Waals surface area contributed by atoms with Crippen molar-refractivity contribution in [3.05, 3.63) is 35.1 Å². The second-order valence-electron chi connectivity index (χ2n) is 2.96. The maximum atomic E-state index is 12.4. The number of rotatable bonds is 1. The molecule has 16 heavy (non-hydrogen) atoms. The van der Waals surface area contributed by atoms with Crippen LogP contribution in [0.3, 0.4) is 0 Å². The Morgan fingerprint density at radius 1 is 1.31 bits per heavy atom. The van der Waals surface area contributed by atoms with Crippen molar-refractivity contribution in [1.82, 2.24) is 15.2 Å². The van der Waals surface area contributed by atoms with Crippen LogP contribution >= 0.6 is 11.6 Å². The average Bonchev–Trinajstić information content (AvgIpc) is 2.69. The van der Waals surface area contributed by atoms with E-state index >= 15 is 0 Å². The van der Waals surface area contributed by atoms with Crippen molar-refractivity contribution in [2.75, 3.05) is 0 Å². The van der Waals surface area contributed by atoms with Crippen molar-refractivity contribution >= 4 is 11.6 Å². The van der Waals surface area contributed by atoms with E-state index < -0.39 is 11.7 Å². The number of hydrogen-bond acceptors (Lipinski definition) is 2. The minimum Gasteiger partial charge on any atom is -0.256 e. The van der Waals surface area contributed by atoms with Gasteiger partial charge in [0.2, 0.25) is 0 Å². The third-order valence-electron chi connectivity index (χ3n) is 1.91. The number of benzene rings is 1. The molecule has 2 rings (SSSR count).